The zero-order chi connectivity index (χ0) is 6.74. The third-order valence-corrected chi connectivity index (χ3v) is 1.25. The molecule has 0 aromatic carbocycles. The molecule has 1 saturated heterocycles. The second-order valence-corrected chi connectivity index (χ2v) is 2.10. The van der Waals surface area contributed by atoms with E-state index in [2.05, 4.69) is 5.32 Å². The molecule has 4 nitrogen and oxygen atoms in total. The van der Waals surface area contributed by atoms with Crippen molar-refractivity contribution >= 4 is 6.29 Å². The van der Waals surface area contributed by atoms with Crippen molar-refractivity contribution in [1.29, 1.82) is 0 Å². The molecule has 0 aliphatic carbocycles. The van der Waals surface area contributed by atoms with Gasteiger partial charge in [0.1, 0.15) is 0 Å². The Balaban J connectivity index is 2.46. The summed E-state index contributed by atoms with van der Waals surface area (Å²) < 4.78 is 4.96. The van der Waals surface area contributed by atoms with Gasteiger partial charge in [-0.05, 0) is 0 Å². The van der Waals surface area contributed by atoms with Gasteiger partial charge >= 0.3 is 0 Å². The summed E-state index contributed by atoms with van der Waals surface area (Å²) in [5.74, 6) is 0. The minimum absolute atomic E-state index is 0.413. The van der Waals surface area contributed by atoms with Crippen LogP contribution in [0.1, 0.15) is 0 Å². The van der Waals surface area contributed by atoms with Gasteiger partial charge in [0.05, 0.1) is 6.61 Å². The summed E-state index contributed by atoms with van der Waals surface area (Å²) in [5, 5.41) is 2.94. The van der Waals surface area contributed by atoms with Crippen molar-refractivity contribution in [3.63, 3.8) is 0 Å². The average molecular weight is 130 g/mol. The van der Waals surface area contributed by atoms with Crippen LogP contribution in [0.4, 0.5) is 0 Å². The molecule has 0 saturated carbocycles. The lowest BCUT2D eigenvalue weighted by molar-refractivity contribution is -0.133. The van der Waals surface area contributed by atoms with Crippen molar-refractivity contribution in [3.8, 4) is 0 Å². The van der Waals surface area contributed by atoms with Crippen LogP contribution < -0.4 is 11.1 Å². The number of nitrogens with two attached hydrogens (primary N) is 1. The molecule has 0 aromatic heterocycles. The van der Waals surface area contributed by atoms with Crippen LogP contribution in [0.15, 0.2) is 0 Å². The van der Waals surface area contributed by atoms with Crippen molar-refractivity contribution in [2.24, 2.45) is 5.73 Å². The minimum atomic E-state index is -1.07. The van der Waals surface area contributed by atoms with E-state index in [0.717, 1.165) is 6.54 Å². The highest BCUT2D eigenvalue weighted by Gasteiger charge is 2.27. The van der Waals surface area contributed by atoms with Crippen molar-refractivity contribution < 1.29 is 9.53 Å². The Kier molecular flexibility index (Phi) is 1.80. The zero-order valence-electron chi connectivity index (χ0n) is 5.09. The Bertz CT molecular complexity index is 110. The van der Waals surface area contributed by atoms with E-state index >= 15 is 0 Å². The summed E-state index contributed by atoms with van der Waals surface area (Å²) >= 11 is 0. The predicted molar refractivity (Wildman–Crippen MR) is 31.8 cm³/mol. The van der Waals surface area contributed by atoms with Crippen LogP contribution in [0.5, 0.6) is 0 Å². The molecule has 0 amide bonds. The lowest BCUT2D eigenvalue weighted by atomic mass is 10.2. The highest BCUT2D eigenvalue weighted by atomic mass is 16.5. The van der Waals surface area contributed by atoms with Crippen LogP contribution in [0, 0.1) is 0 Å². The zero-order valence-corrected chi connectivity index (χ0v) is 5.09. The highest BCUT2D eigenvalue weighted by molar-refractivity contribution is 5.61. The predicted octanol–water partition coefficient (Wildman–Crippen LogP) is -1.54. The van der Waals surface area contributed by atoms with Crippen LogP contribution in [0.2, 0.25) is 0 Å². The Morgan fingerprint density at radius 1 is 1.78 bits per heavy atom. The molecule has 1 rings (SSSR count). The van der Waals surface area contributed by atoms with Crippen LogP contribution in [0.3, 0.4) is 0 Å². The molecule has 1 aliphatic heterocycles. The van der Waals surface area contributed by atoms with E-state index in [1.165, 1.54) is 0 Å². The molecule has 1 heterocycles. The van der Waals surface area contributed by atoms with E-state index in [1.807, 2.05) is 0 Å². The molecule has 0 bridgehead atoms. The molecular formula is C5H10N2O2. The van der Waals surface area contributed by atoms with E-state index in [0.29, 0.717) is 19.4 Å². The van der Waals surface area contributed by atoms with Gasteiger partial charge in [0.15, 0.2) is 12.0 Å². The Morgan fingerprint density at radius 2 is 2.56 bits per heavy atom. The third kappa shape index (κ3) is 1.48. The standard InChI is InChI=1S/C5H10N2O2/c6-5(4-8)3-7-1-2-9-5/h4,7H,1-3,6H2. The lowest BCUT2D eigenvalue weighted by Gasteiger charge is -2.28. The van der Waals surface area contributed by atoms with E-state index in [-0.39, 0.29) is 0 Å². The van der Waals surface area contributed by atoms with Crippen molar-refractivity contribution in [2.45, 2.75) is 5.72 Å². The fraction of sp³-hybridized carbons (Fsp3) is 0.800. The first-order chi connectivity index (χ1) is 4.27. The second kappa shape index (κ2) is 2.43. The van der Waals surface area contributed by atoms with Gasteiger partial charge in [0.2, 0.25) is 0 Å². The number of hydrogen-bond acceptors (Lipinski definition) is 4. The van der Waals surface area contributed by atoms with E-state index in [9.17, 15) is 4.79 Å². The summed E-state index contributed by atoms with van der Waals surface area (Å²) in [6.07, 6.45) is 0.624. The van der Waals surface area contributed by atoms with Crippen LogP contribution in [0.25, 0.3) is 0 Å². The molecular weight excluding hydrogens is 120 g/mol. The fourth-order valence-electron chi connectivity index (χ4n) is 0.724. The van der Waals surface area contributed by atoms with Crippen molar-refractivity contribution in [1.82, 2.24) is 5.32 Å². The normalized spacial score (nSPS) is 36.1. The molecule has 1 aliphatic rings. The van der Waals surface area contributed by atoms with Crippen LogP contribution >= 0.6 is 0 Å². The van der Waals surface area contributed by atoms with Crippen molar-refractivity contribution in [2.75, 3.05) is 19.7 Å². The number of rotatable bonds is 1. The smallest absolute Gasteiger partial charge is 0.185 e. The number of carbonyl (C=O) groups excluding carboxylic acids is 1. The van der Waals surface area contributed by atoms with E-state index < -0.39 is 5.72 Å². The first-order valence-corrected chi connectivity index (χ1v) is 2.87. The van der Waals surface area contributed by atoms with Gasteiger partial charge in [-0.1, -0.05) is 0 Å². The van der Waals surface area contributed by atoms with Gasteiger partial charge in [-0.25, -0.2) is 0 Å². The molecule has 4 heteroatoms. The maximum atomic E-state index is 10.2. The van der Waals surface area contributed by atoms with Crippen LogP contribution in [-0.4, -0.2) is 31.7 Å². The van der Waals surface area contributed by atoms with Gasteiger partial charge in [-0.3, -0.25) is 10.5 Å². The molecule has 0 aromatic rings. The maximum absolute atomic E-state index is 10.2. The monoisotopic (exact) mass is 130 g/mol. The van der Waals surface area contributed by atoms with Gasteiger partial charge < -0.3 is 10.1 Å². The highest BCUT2D eigenvalue weighted by Crippen LogP contribution is 2.00. The number of hydrogen-bond donors (Lipinski definition) is 2. The summed E-state index contributed by atoms with van der Waals surface area (Å²) in [4.78, 5) is 10.2. The minimum Gasteiger partial charge on any atom is -0.351 e. The summed E-state index contributed by atoms with van der Waals surface area (Å²) in [6, 6.07) is 0. The Morgan fingerprint density at radius 3 is 2.89 bits per heavy atom. The molecule has 1 atom stereocenters. The average Bonchev–Trinajstić information content (AvgIpc) is 1.90. The number of morpholine rings is 1. The largest absolute Gasteiger partial charge is 0.351 e. The number of aldehydes is 1. The SMILES string of the molecule is NC1(C=O)CNCCO1. The lowest BCUT2D eigenvalue weighted by Crippen LogP contribution is -2.57. The molecule has 0 spiro atoms. The molecule has 52 valence electrons. The summed E-state index contributed by atoms with van der Waals surface area (Å²) in [5.41, 5.74) is 4.33. The quantitative estimate of drug-likeness (QED) is 0.422. The molecule has 1 unspecified atom stereocenters. The van der Waals surface area contributed by atoms with Gasteiger partial charge in [0, 0.05) is 13.1 Å². The van der Waals surface area contributed by atoms with Crippen LogP contribution in [-0.2, 0) is 9.53 Å². The molecule has 0 radical (unpaired) electrons. The number of nitrogens with one attached hydrogen (secondary N) is 1. The number of carbonyl (C=O) groups is 1. The third-order valence-electron chi connectivity index (χ3n) is 1.25. The molecule has 9 heavy (non-hydrogen) atoms. The fourth-order valence-corrected chi connectivity index (χ4v) is 0.724. The van der Waals surface area contributed by atoms with Crippen molar-refractivity contribution in [3.05, 3.63) is 0 Å². The Hall–Kier alpha value is -0.450. The maximum Gasteiger partial charge on any atom is 0.185 e. The topological polar surface area (TPSA) is 64.4 Å². The molecule has 1 fully saturated rings. The van der Waals surface area contributed by atoms with E-state index in [1.54, 1.807) is 0 Å². The number of ether oxygens (including phenoxy) is 1. The van der Waals surface area contributed by atoms with Gasteiger partial charge in [0.25, 0.3) is 0 Å². The molecule has 3 N–H and O–H groups in total. The van der Waals surface area contributed by atoms with E-state index in [4.69, 9.17) is 10.5 Å². The first kappa shape index (κ1) is 6.67. The second-order valence-electron chi connectivity index (χ2n) is 2.10. The summed E-state index contributed by atoms with van der Waals surface area (Å²) in [7, 11) is 0. The summed E-state index contributed by atoms with van der Waals surface area (Å²) in [6.45, 7) is 1.69. The first-order valence-electron chi connectivity index (χ1n) is 2.87. The Labute approximate surface area is 53.4 Å². The van der Waals surface area contributed by atoms with Gasteiger partial charge in [-0.15, -0.1) is 0 Å². The van der Waals surface area contributed by atoms with Gasteiger partial charge in [-0.2, -0.15) is 0 Å².